The van der Waals surface area contributed by atoms with Gasteiger partial charge in [0, 0.05) is 18.3 Å². The van der Waals surface area contributed by atoms with E-state index in [2.05, 4.69) is 12.0 Å². The number of carboxylic acids is 1. The molecular formula is C17H16N2O2. The number of carbonyl (C=O) groups is 1. The third-order valence-electron chi connectivity index (χ3n) is 3.51. The van der Waals surface area contributed by atoms with E-state index in [4.69, 9.17) is 0 Å². The van der Waals surface area contributed by atoms with Crippen LogP contribution in [0.4, 0.5) is 0 Å². The highest BCUT2D eigenvalue weighted by atomic mass is 16.4. The van der Waals surface area contributed by atoms with Gasteiger partial charge >= 0.3 is 5.97 Å². The van der Waals surface area contributed by atoms with Gasteiger partial charge in [-0.25, -0.2) is 4.79 Å². The van der Waals surface area contributed by atoms with E-state index in [1.807, 2.05) is 41.2 Å². The summed E-state index contributed by atoms with van der Waals surface area (Å²) in [6, 6.07) is 11.4. The van der Waals surface area contributed by atoms with Crippen LogP contribution in [-0.4, -0.2) is 20.9 Å². The Morgan fingerprint density at radius 3 is 2.62 bits per heavy atom. The van der Waals surface area contributed by atoms with Crippen molar-refractivity contribution in [2.45, 2.75) is 19.9 Å². The molecular weight excluding hydrogens is 264 g/mol. The summed E-state index contributed by atoms with van der Waals surface area (Å²) in [5.41, 5.74) is 1.86. The van der Waals surface area contributed by atoms with Gasteiger partial charge in [-0.15, -0.1) is 0 Å². The molecule has 2 aromatic carbocycles. The molecule has 4 heteroatoms. The average Bonchev–Trinajstić information content (AvgIpc) is 2.94. The smallest absolute Gasteiger partial charge is 0.336 e. The number of aryl methyl sites for hydroxylation is 1. The molecule has 1 aromatic heterocycles. The van der Waals surface area contributed by atoms with Crippen molar-refractivity contribution in [3.05, 3.63) is 54.4 Å². The summed E-state index contributed by atoms with van der Waals surface area (Å²) < 4.78 is 1.84. The zero-order valence-corrected chi connectivity index (χ0v) is 11.8. The van der Waals surface area contributed by atoms with Gasteiger partial charge in [0.05, 0.1) is 11.8 Å². The van der Waals surface area contributed by atoms with Crippen LogP contribution in [-0.2, 0) is 6.54 Å². The van der Waals surface area contributed by atoms with Gasteiger partial charge in [0.2, 0.25) is 0 Å². The van der Waals surface area contributed by atoms with Crippen molar-refractivity contribution in [1.29, 1.82) is 0 Å². The number of rotatable bonds is 4. The standard InChI is InChI=1S/C17H16N2O2/c1-2-7-19-11-14(10-18-19)15-8-12-5-3-4-6-13(12)9-16(15)17(20)21/h3-6,8-11H,2,7H2,1H3,(H,20,21). The van der Waals surface area contributed by atoms with E-state index in [0.29, 0.717) is 11.1 Å². The van der Waals surface area contributed by atoms with Gasteiger partial charge in [-0.1, -0.05) is 31.2 Å². The molecule has 0 aliphatic heterocycles. The third kappa shape index (κ3) is 2.52. The van der Waals surface area contributed by atoms with Gasteiger partial charge < -0.3 is 5.11 Å². The summed E-state index contributed by atoms with van der Waals surface area (Å²) in [5, 5.41) is 15.7. The molecule has 0 fully saturated rings. The summed E-state index contributed by atoms with van der Waals surface area (Å²) in [6.07, 6.45) is 4.62. The molecule has 0 saturated heterocycles. The van der Waals surface area contributed by atoms with Crippen LogP contribution in [0.25, 0.3) is 21.9 Å². The minimum absolute atomic E-state index is 0.310. The van der Waals surface area contributed by atoms with Crippen LogP contribution in [0.15, 0.2) is 48.8 Å². The van der Waals surface area contributed by atoms with Crippen molar-refractivity contribution < 1.29 is 9.90 Å². The molecule has 0 atom stereocenters. The lowest BCUT2D eigenvalue weighted by molar-refractivity contribution is 0.0698. The third-order valence-corrected chi connectivity index (χ3v) is 3.51. The predicted octanol–water partition coefficient (Wildman–Crippen LogP) is 3.81. The summed E-state index contributed by atoms with van der Waals surface area (Å²) in [6.45, 7) is 2.91. The highest BCUT2D eigenvalue weighted by Crippen LogP contribution is 2.28. The van der Waals surface area contributed by atoms with Gasteiger partial charge in [0.15, 0.2) is 0 Å². The van der Waals surface area contributed by atoms with Crippen LogP contribution in [0.1, 0.15) is 23.7 Å². The molecule has 4 nitrogen and oxygen atoms in total. The number of hydrogen-bond acceptors (Lipinski definition) is 2. The van der Waals surface area contributed by atoms with Gasteiger partial charge in [0.25, 0.3) is 0 Å². The lowest BCUT2D eigenvalue weighted by Gasteiger charge is -2.07. The Morgan fingerprint density at radius 1 is 1.24 bits per heavy atom. The van der Waals surface area contributed by atoms with Crippen LogP contribution >= 0.6 is 0 Å². The Balaban J connectivity index is 2.18. The molecule has 0 bridgehead atoms. The van der Waals surface area contributed by atoms with Crippen LogP contribution < -0.4 is 0 Å². The summed E-state index contributed by atoms with van der Waals surface area (Å²) >= 11 is 0. The van der Waals surface area contributed by atoms with E-state index in [-0.39, 0.29) is 0 Å². The van der Waals surface area contributed by atoms with Crippen LogP contribution in [0.5, 0.6) is 0 Å². The summed E-state index contributed by atoms with van der Waals surface area (Å²) in [5.74, 6) is -0.918. The number of nitrogens with zero attached hydrogens (tertiary/aromatic N) is 2. The fraction of sp³-hybridized carbons (Fsp3) is 0.176. The Labute approximate surface area is 122 Å². The van der Waals surface area contributed by atoms with Crippen LogP contribution in [0.2, 0.25) is 0 Å². The maximum atomic E-state index is 11.5. The number of benzene rings is 2. The Hall–Kier alpha value is -2.62. The SMILES string of the molecule is CCCn1cc(-c2cc3ccccc3cc2C(=O)O)cn1. The fourth-order valence-electron chi connectivity index (χ4n) is 2.51. The van der Waals surface area contributed by atoms with Crippen molar-refractivity contribution in [2.75, 3.05) is 0 Å². The first-order valence-electron chi connectivity index (χ1n) is 6.98. The average molecular weight is 280 g/mol. The number of hydrogen-bond donors (Lipinski definition) is 1. The van der Waals surface area contributed by atoms with Crippen LogP contribution in [0.3, 0.4) is 0 Å². The minimum Gasteiger partial charge on any atom is -0.478 e. The first-order chi connectivity index (χ1) is 10.2. The van der Waals surface area contributed by atoms with E-state index in [1.54, 1.807) is 12.3 Å². The molecule has 21 heavy (non-hydrogen) atoms. The molecule has 0 aliphatic rings. The van der Waals surface area contributed by atoms with E-state index in [9.17, 15) is 9.90 Å². The van der Waals surface area contributed by atoms with Crippen LogP contribution in [0, 0.1) is 0 Å². The predicted molar refractivity (Wildman–Crippen MR) is 82.4 cm³/mol. The quantitative estimate of drug-likeness (QED) is 0.790. The Morgan fingerprint density at radius 2 is 1.95 bits per heavy atom. The molecule has 0 spiro atoms. The highest BCUT2D eigenvalue weighted by Gasteiger charge is 2.14. The number of carboxylic acid groups (broad SMARTS) is 1. The van der Waals surface area contributed by atoms with Gasteiger partial charge in [-0.2, -0.15) is 5.10 Å². The van der Waals surface area contributed by atoms with Gasteiger partial charge in [0.1, 0.15) is 0 Å². The largest absolute Gasteiger partial charge is 0.478 e. The van der Waals surface area contributed by atoms with Crippen molar-refractivity contribution in [3.8, 4) is 11.1 Å². The first-order valence-corrected chi connectivity index (χ1v) is 6.98. The van der Waals surface area contributed by atoms with Crippen molar-refractivity contribution in [1.82, 2.24) is 9.78 Å². The first kappa shape index (κ1) is 13.4. The van der Waals surface area contributed by atoms with E-state index in [1.165, 1.54) is 0 Å². The molecule has 3 rings (SSSR count). The molecule has 0 radical (unpaired) electrons. The molecule has 1 N–H and O–H groups in total. The number of fused-ring (bicyclic) bond motifs is 1. The maximum Gasteiger partial charge on any atom is 0.336 e. The summed E-state index contributed by atoms with van der Waals surface area (Å²) in [7, 11) is 0. The summed E-state index contributed by atoms with van der Waals surface area (Å²) in [4.78, 5) is 11.5. The second-order valence-electron chi connectivity index (χ2n) is 5.04. The molecule has 0 aliphatic carbocycles. The van der Waals surface area contributed by atoms with E-state index >= 15 is 0 Å². The maximum absolute atomic E-state index is 11.5. The number of aromatic carboxylic acids is 1. The number of aromatic nitrogens is 2. The lowest BCUT2D eigenvalue weighted by Crippen LogP contribution is -1.99. The van der Waals surface area contributed by atoms with Crippen molar-refractivity contribution in [2.24, 2.45) is 0 Å². The fourth-order valence-corrected chi connectivity index (χ4v) is 2.51. The van der Waals surface area contributed by atoms with E-state index < -0.39 is 5.97 Å². The topological polar surface area (TPSA) is 55.1 Å². The molecule has 0 saturated carbocycles. The molecule has 3 aromatic rings. The zero-order chi connectivity index (χ0) is 14.8. The molecule has 106 valence electrons. The van der Waals surface area contributed by atoms with E-state index in [0.717, 1.165) is 29.3 Å². The van der Waals surface area contributed by atoms with Crippen molar-refractivity contribution >= 4 is 16.7 Å². The molecule has 1 heterocycles. The Bertz CT molecular complexity index is 805. The second kappa shape index (κ2) is 5.40. The van der Waals surface area contributed by atoms with Crippen molar-refractivity contribution in [3.63, 3.8) is 0 Å². The lowest BCUT2D eigenvalue weighted by atomic mass is 9.97. The minimum atomic E-state index is -0.918. The second-order valence-corrected chi connectivity index (χ2v) is 5.04. The molecule has 0 unspecified atom stereocenters. The van der Waals surface area contributed by atoms with Gasteiger partial charge in [-0.3, -0.25) is 4.68 Å². The molecule has 0 amide bonds. The normalized spacial score (nSPS) is 10.9. The Kier molecular flexibility index (Phi) is 3.44. The highest BCUT2D eigenvalue weighted by molar-refractivity contribution is 6.02. The van der Waals surface area contributed by atoms with Gasteiger partial charge in [-0.05, 0) is 34.9 Å². The monoisotopic (exact) mass is 280 g/mol. The zero-order valence-electron chi connectivity index (χ0n) is 11.8.